The second-order valence-corrected chi connectivity index (χ2v) is 6.48. The topological polar surface area (TPSA) is 23.6 Å². The number of Topliss-reactive ketones (excluding diaryl/α,β-unsaturated/α-hetero) is 1. The lowest BCUT2D eigenvalue weighted by molar-refractivity contribution is -0.126. The quantitative estimate of drug-likeness (QED) is 0.751. The minimum atomic E-state index is -0.184. The molecule has 1 fully saturated rings. The van der Waals surface area contributed by atoms with Crippen LogP contribution in [-0.4, -0.2) is 55.4 Å². The van der Waals surface area contributed by atoms with E-state index in [-0.39, 0.29) is 5.41 Å². The SMILES string of the molecule is CN(C)C1CCCN(CCC(=O)C(C)(C)C)C1. The fourth-order valence-electron chi connectivity index (χ4n) is 2.29. The first-order valence-electron chi connectivity index (χ1n) is 6.73. The molecule has 17 heavy (non-hydrogen) atoms. The monoisotopic (exact) mass is 240 g/mol. The molecule has 1 saturated heterocycles. The van der Waals surface area contributed by atoms with Crippen molar-refractivity contribution in [2.75, 3.05) is 33.7 Å². The Morgan fingerprint density at radius 2 is 2.00 bits per heavy atom. The van der Waals surface area contributed by atoms with E-state index in [2.05, 4.69) is 23.9 Å². The number of likely N-dealkylation sites (N-methyl/N-ethyl adjacent to an activating group) is 1. The molecule has 1 rings (SSSR count). The van der Waals surface area contributed by atoms with E-state index in [1.54, 1.807) is 0 Å². The molecule has 3 heteroatoms. The molecule has 1 aliphatic heterocycles. The normalized spacial score (nSPS) is 23.1. The van der Waals surface area contributed by atoms with Crippen molar-refractivity contribution < 1.29 is 4.79 Å². The van der Waals surface area contributed by atoms with Crippen LogP contribution >= 0.6 is 0 Å². The highest BCUT2D eigenvalue weighted by molar-refractivity contribution is 5.83. The first kappa shape index (κ1) is 14.7. The Balaban J connectivity index is 2.35. The molecule has 3 nitrogen and oxygen atoms in total. The molecule has 0 saturated carbocycles. The minimum absolute atomic E-state index is 0.184. The molecular formula is C14H28N2O. The second kappa shape index (κ2) is 5.96. The highest BCUT2D eigenvalue weighted by Gasteiger charge is 2.24. The Bertz CT molecular complexity index is 255. The summed E-state index contributed by atoms with van der Waals surface area (Å²) in [6, 6.07) is 0.661. The Kier molecular flexibility index (Phi) is 5.14. The van der Waals surface area contributed by atoms with Gasteiger partial charge in [-0.1, -0.05) is 20.8 Å². The minimum Gasteiger partial charge on any atom is -0.305 e. The molecule has 1 atom stereocenters. The fraction of sp³-hybridized carbons (Fsp3) is 0.929. The van der Waals surface area contributed by atoms with Crippen molar-refractivity contribution in [3.8, 4) is 0 Å². The number of hydrogen-bond donors (Lipinski definition) is 0. The van der Waals surface area contributed by atoms with Gasteiger partial charge in [-0.2, -0.15) is 0 Å². The van der Waals surface area contributed by atoms with E-state index in [0.29, 0.717) is 18.2 Å². The fourth-order valence-corrected chi connectivity index (χ4v) is 2.29. The molecular weight excluding hydrogens is 212 g/mol. The lowest BCUT2D eigenvalue weighted by Gasteiger charge is -2.36. The number of carbonyl (C=O) groups is 1. The number of nitrogens with zero attached hydrogens (tertiary/aromatic N) is 2. The van der Waals surface area contributed by atoms with Gasteiger partial charge in [0.05, 0.1) is 0 Å². The van der Waals surface area contributed by atoms with E-state index >= 15 is 0 Å². The third kappa shape index (κ3) is 4.76. The number of hydrogen-bond acceptors (Lipinski definition) is 3. The van der Waals surface area contributed by atoms with Crippen molar-refractivity contribution in [1.82, 2.24) is 9.80 Å². The summed E-state index contributed by atoms with van der Waals surface area (Å²) in [6.07, 6.45) is 3.24. The van der Waals surface area contributed by atoms with Crippen molar-refractivity contribution in [1.29, 1.82) is 0 Å². The summed E-state index contributed by atoms with van der Waals surface area (Å²) < 4.78 is 0. The van der Waals surface area contributed by atoms with E-state index in [0.717, 1.165) is 19.6 Å². The lowest BCUT2D eigenvalue weighted by Crippen LogP contribution is -2.45. The summed E-state index contributed by atoms with van der Waals surface area (Å²) in [6.45, 7) is 9.23. The van der Waals surface area contributed by atoms with Crippen LogP contribution in [0.25, 0.3) is 0 Å². The van der Waals surface area contributed by atoms with Crippen molar-refractivity contribution in [3.05, 3.63) is 0 Å². The molecule has 0 radical (unpaired) electrons. The van der Waals surface area contributed by atoms with Crippen molar-refractivity contribution in [2.45, 2.75) is 46.1 Å². The molecule has 0 aromatic rings. The molecule has 0 aromatic heterocycles. The zero-order valence-electron chi connectivity index (χ0n) is 12.1. The second-order valence-electron chi connectivity index (χ2n) is 6.48. The zero-order chi connectivity index (χ0) is 13.1. The average Bonchev–Trinajstić information content (AvgIpc) is 2.25. The van der Waals surface area contributed by atoms with Gasteiger partial charge in [-0.25, -0.2) is 0 Å². The third-order valence-electron chi connectivity index (χ3n) is 3.70. The third-order valence-corrected chi connectivity index (χ3v) is 3.70. The van der Waals surface area contributed by atoms with E-state index in [1.165, 1.54) is 12.8 Å². The van der Waals surface area contributed by atoms with Crippen LogP contribution in [0.15, 0.2) is 0 Å². The Morgan fingerprint density at radius 3 is 2.53 bits per heavy atom. The summed E-state index contributed by atoms with van der Waals surface area (Å²) in [5, 5.41) is 0. The average molecular weight is 240 g/mol. The van der Waals surface area contributed by atoms with E-state index in [9.17, 15) is 4.79 Å². The van der Waals surface area contributed by atoms with E-state index in [4.69, 9.17) is 0 Å². The van der Waals surface area contributed by atoms with Gasteiger partial charge in [0.25, 0.3) is 0 Å². The predicted octanol–water partition coefficient (Wildman–Crippen LogP) is 2.02. The van der Waals surface area contributed by atoms with Gasteiger partial charge in [-0.15, -0.1) is 0 Å². The maximum atomic E-state index is 11.9. The maximum absolute atomic E-state index is 11.9. The van der Waals surface area contributed by atoms with Crippen LogP contribution in [0.2, 0.25) is 0 Å². The van der Waals surface area contributed by atoms with Crippen molar-refractivity contribution in [3.63, 3.8) is 0 Å². The van der Waals surface area contributed by atoms with Crippen LogP contribution in [0.5, 0.6) is 0 Å². The Morgan fingerprint density at radius 1 is 1.35 bits per heavy atom. The largest absolute Gasteiger partial charge is 0.305 e. The van der Waals surface area contributed by atoms with E-state index < -0.39 is 0 Å². The highest BCUT2D eigenvalue weighted by Crippen LogP contribution is 2.18. The highest BCUT2D eigenvalue weighted by atomic mass is 16.1. The molecule has 0 spiro atoms. The summed E-state index contributed by atoms with van der Waals surface area (Å²) in [5.74, 6) is 0.379. The van der Waals surface area contributed by atoms with Gasteiger partial charge in [-0.3, -0.25) is 4.79 Å². The van der Waals surface area contributed by atoms with Crippen LogP contribution in [0, 0.1) is 5.41 Å². The molecule has 1 unspecified atom stereocenters. The van der Waals surface area contributed by atoms with E-state index in [1.807, 2.05) is 20.8 Å². The molecule has 1 aliphatic rings. The molecule has 100 valence electrons. The smallest absolute Gasteiger partial charge is 0.139 e. The summed E-state index contributed by atoms with van der Waals surface area (Å²) >= 11 is 0. The van der Waals surface area contributed by atoms with Crippen LogP contribution in [0.1, 0.15) is 40.0 Å². The molecule has 0 N–H and O–H groups in total. The summed E-state index contributed by atoms with van der Waals surface area (Å²) in [7, 11) is 4.29. The number of carbonyl (C=O) groups excluding carboxylic acids is 1. The number of rotatable bonds is 4. The van der Waals surface area contributed by atoms with Crippen LogP contribution in [0.4, 0.5) is 0 Å². The van der Waals surface area contributed by atoms with Gasteiger partial charge in [-0.05, 0) is 33.5 Å². The van der Waals surface area contributed by atoms with Gasteiger partial charge < -0.3 is 9.80 Å². The summed E-state index contributed by atoms with van der Waals surface area (Å²) in [4.78, 5) is 16.6. The van der Waals surface area contributed by atoms with Gasteiger partial charge in [0.1, 0.15) is 5.78 Å². The van der Waals surface area contributed by atoms with Gasteiger partial charge >= 0.3 is 0 Å². The molecule has 0 aliphatic carbocycles. The van der Waals surface area contributed by atoms with Crippen molar-refractivity contribution in [2.24, 2.45) is 5.41 Å². The first-order valence-corrected chi connectivity index (χ1v) is 6.73. The van der Waals surface area contributed by atoms with Crippen LogP contribution in [0.3, 0.4) is 0 Å². The predicted molar refractivity (Wildman–Crippen MR) is 72.2 cm³/mol. The standard InChI is InChI=1S/C14H28N2O/c1-14(2,3)13(17)8-10-16-9-6-7-12(11-16)15(4)5/h12H,6-11H2,1-5H3. The number of ketones is 1. The molecule has 0 aromatic carbocycles. The summed E-state index contributed by atoms with van der Waals surface area (Å²) in [5.41, 5.74) is -0.184. The lowest BCUT2D eigenvalue weighted by atomic mass is 9.89. The van der Waals surface area contributed by atoms with Gasteiger partial charge in [0, 0.05) is 31.0 Å². The van der Waals surface area contributed by atoms with Gasteiger partial charge in [0.2, 0.25) is 0 Å². The van der Waals surface area contributed by atoms with Crippen LogP contribution in [-0.2, 0) is 4.79 Å². The number of piperidine rings is 1. The van der Waals surface area contributed by atoms with Crippen LogP contribution < -0.4 is 0 Å². The zero-order valence-corrected chi connectivity index (χ0v) is 12.1. The molecule has 0 amide bonds. The maximum Gasteiger partial charge on any atom is 0.139 e. The first-order chi connectivity index (χ1) is 7.80. The van der Waals surface area contributed by atoms with Crippen molar-refractivity contribution >= 4 is 5.78 Å². The number of likely N-dealkylation sites (tertiary alicyclic amines) is 1. The molecule has 0 bridgehead atoms. The Labute approximate surface area is 106 Å². The Hall–Kier alpha value is -0.410. The molecule has 1 heterocycles. The van der Waals surface area contributed by atoms with Gasteiger partial charge in [0.15, 0.2) is 0 Å².